The van der Waals surface area contributed by atoms with Gasteiger partial charge in [-0.1, -0.05) is 54.1 Å². The Morgan fingerprint density at radius 3 is 2.44 bits per heavy atom. The molecule has 0 spiro atoms. The van der Waals surface area contributed by atoms with Gasteiger partial charge < -0.3 is 5.32 Å². The minimum absolute atomic E-state index is 0.0262. The third-order valence-electron chi connectivity index (χ3n) is 3.86. The van der Waals surface area contributed by atoms with E-state index in [0.717, 1.165) is 27.4 Å². The largest absolute Gasteiger partial charge is 0.352 e. The Hall–Kier alpha value is -2.17. The average Bonchev–Trinajstić information content (AvgIpc) is 3.11. The molecular formula is C20H19ClN2OS. The number of thiazole rings is 1. The Morgan fingerprint density at radius 2 is 1.76 bits per heavy atom. The molecule has 0 saturated heterocycles. The highest BCUT2D eigenvalue weighted by Gasteiger charge is 2.07. The number of carbonyl (C=O) groups is 1. The molecule has 0 atom stereocenters. The summed E-state index contributed by atoms with van der Waals surface area (Å²) in [6.45, 7) is 2.60. The van der Waals surface area contributed by atoms with Crippen LogP contribution in [0.2, 0.25) is 0 Å². The molecule has 25 heavy (non-hydrogen) atoms. The number of alkyl halides is 1. The van der Waals surface area contributed by atoms with Crippen molar-refractivity contribution in [3.8, 4) is 21.8 Å². The van der Waals surface area contributed by atoms with Gasteiger partial charge in [0.15, 0.2) is 0 Å². The van der Waals surface area contributed by atoms with Crippen LogP contribution in [0.1, 0.15) is 17.5 Å². The molecule has 2 aromatic carbocycles. The number of hydrogen-bond acceptors (Lipinski definition) is 3. The van der Waals surface area contributed by atoms with Gasteiger partial charge in [0.2, 0.25) is 5.91 Å². The summed E-state index contributed by atoms with van der Waals surface area (Å²) >= 11 is 7.19. The van der Waals surface area contributed by atoms with Crippen molar-refractivity contribution in [3.63, 3.8) is 0 Å². The standard InChI is InChI=1S/C20H19ClN2OS/c1-14-2-6-16(7-3-14)18-13-25-20(23-18)17-8-4-15(5-9-17)12-22-19(24)10-11-21/h2-9,13H,10-12H2,1H3,(H,22,24). The predicted molar refractivity (Wildman–Crippen MR) is 105 cm³/mol. The van der Waals surface area contributed by atoms with E-state index < -0.39 is 0 Å². The molecule has 1 heterocycles. The second kappa shape index (κ2) is 8.28. The average molecular weight is 371 g/mol. The lowest BCUT2D eigenvalue weighted by atomic mass is 10.1. The molecule has 0 fully saturated rings. The molecule has 0 aliphatic heterocycles. The van der Waals surface area contributed by atoms with Gasteiger partial charge in [0, 0.05) is 35.4 Å². The fraction of sp³-hybridized carbons (Fsp3) is 0.200. The maximum atomic E-state index is 11.5. The number of hydrogen-bond donors (Lipinski definition) is 1. The molecule has 1 amide bonds. The number of rotatable bonds is 6. The molecule has 1 aromatic heterocycles. The molecule has 0 aliphatic carbocycles. The molecular weight excluding hydrogens is 352 g/mol. The Balaban J connectivity index is 1.68. The van der Waals surface area contributed by atoms with Gasteiger partial charge in [-0.3, -0.25) is 4.79 Å². The molecule has 3 aromatic rings. The number of nitrogens with one attached hydrogen (secondary N) is 1. The second-order valence-electron chi connectivity index (χ2n) is 5.82. The minimum Gasteiger partial charge on any atom is -0.352 e. The summed E-state index contributed by atoms with van der Waals surface area (Å²) in [5.74, 6) is 0.319. The highest BCUT2D eigenvalue weighted by atomic mass is 35.5. The number of amides is 1. The number of benzene rings is 2. The van der Waals surface area contributed by atoms with E-state index in [9.17, 15) is 4.79 Å². The first-order chi connectivity index (χ1) is 12.2. The fourth-order valence-corrected chi connectivity index (χ4v) is 3.41. The monoisotopic (exact) mass is 370 g/mol. The lowest BCUT2D eigenvalue weighted by molar-refractivity contribution is -0.120. The van der Waals surface area contributed by atoms with Crippen molar-refractivity contribution < 1.29 is 4.79 Å². The van der Waals surface area contributed by atoms with Crippen LogP contribution < -0.4 is 5.32 Å². The van der Waals surface area contributed by atoms with Crippen LogP contribution in [0.3, 0.4) is 0 Å². The van der Waals surface area contributed by atoms with Crippen LogP contribution in [0.25, 0.3) is 21.8 Å². The summed E-state index contributed by atoms with van der Waals surface area (Å²) in [5, 5.41) is 5.93. The molecule has 0 saturated carbocycles. The van der Waals surface area contributed by atoms with E-state index in [1.165, 1.54) is 5.56 Å². The molecule has 128 valence electrons. The predicted octanol–water partition coefficient (Wildman–Crippen LogP) is 5.03. The van der Waals surface area contributed by atoms with Crippen molar-refractivity contribution in [3.05, 3.63) is 65.0 Å². The topological polar surface area (TPSA) is 42.0 Å². The van der Waals surface area contributed by atoms with Crippen LogP contribution in [-0.2, 0) is 11.3 Å². The van der Waals surface area contributed by atoms with Crippen molar-refractivity contribution in [1.82, 2.24) is 10.3 Å². The van der Waals surface area contributed by atoms with E-state index in [2.05, 4.69) is 41.9 Å². The lowest BCUT2D eigenvalue weighted by Gasteiger charge is -2.05. The van der Waals surface area contributed by atoms with E-state index in [0.29, 0.717) is 18.8 Å². The number of aryl methyl sites for hydroxylation is 1. The van der Waals surface area contributed by atoms with Crippen molar-refractivity contribution in [1.29, 1.82) is 0 Å². The molecule has 0 radical (unpaired) electrons. The smallest absolute Gasteiger partial charge is 0.221 e. The van der Waals surface area contributed by atoms with Crippen molar-refractivity contribution in [2.75, 3.05) is 5.88 Å². The van der Waals surface area contributed by atoms with Crippen LogP contribution in [0.5, 0.6) is 0 Å². The van der Waals surface area contributed by atoms with Crippen LogP contribution >= 0.6 is 22.9 Å². The van der Waals surface area contributed by atoms with Crippen LogP contribution in [-0.4, -0.2) is 16.8 Å². The number of aromatic nitrogens is 1. The van der Waals surface area contributed by atoms with E-state index in [-0.39, 0.29) is 5.91 Å². The Bertz CT molecular complexity index is 841. The normalized spacial score (nSPS) is 10.6. The van der Waals surface area contributed by atoms with E-state index in [4.69, 9.17) is 16.6 Å². The summed E-state index contributed by atoms with van der Waals surface area (Å²) in [6, 6.07) is 16.5. The third kappa shape index (κ3) is 4.68. The van der Waals surface area contributed by atoms with Crippen molar-refractivity contribution in [2.45, 2.75) is 19.9 Å². The summed E-state index contributed by atoms with van der Waals surface area (Å²) in [4.78, 5) is 16.2. The maximum absolute atomic E-state index is 11.5. The summed E-state index contributed by atoms with van der Waals surface area (Å²) in [5.41, 5.74) is 5.51. The van der Waals surface area contributed by atoms with Gasteiger partial charge in [0.1, 0.15) is 5.01 Å². The molecule has 0 aliphatic rings. The van der Waals surface area contributed by atoms with E-state index in [1.807, 2.05) is 24.3 Å². The second-order valence-corrected chi connectivity index (χ2v) is 7.05. The highest BCUT2D eigenvalue weighted by Crippen LogP contribution is 2.29. The zero-order chi connectivity index (χ0) is 17.6. The summed E-state index contributed by atoms with van der Waals surface area (Å²) < 4.78 is 0. The van der Waals surface area contributed by atoms with Gasteiger partial charge in [-0.25, -0.2) is 4.98 Å². The van der Waals surface area contributed by atoms with Crippen LogP contribution in [0, 0.1) is 6.92 Å². The summed E-state index contributed by atoms with van der Waals surface area (Å²) in [7, 11) is 0. The van der Waals surface area contributed by atoms with E-state index >= 15 is 0 Å². The van der Waals surface area contributed by atoms with Crippen LogP contribution in [0.15, 0.2) is 53.9 Å². The molecule has 0 unspecified atom stereocenters. The molecule has 0 bridgehead atoms. The van der Waals surface area contributed by atoms with Crippen molar-refractivity contribution >= 4 is 28.8 Å². The zero-order valence-corrected chi connectivity index (χ0v) is 15.5. The SMILES string of the molecule is Cc1ccc(-c2csc(-c3ccc(CNC(=O)CCCl)cc3)n2)cc1. The van der Waals surface area contributed by atoms with E-state index in [1.54, 1.807) is 11.3 Å². The van der Waals surface area contributed by atoms with Crippen LogP contribution in [0.4, 0.5) is 0 Å². The van der Waals surface area contributed by atoms with Gasteiger partial charge >= 0.3 is 0 Å². The first kappa shape index (κ1) is 17.6. The molecule has 3 nitrogen and oxygen atoms in total. The molecule has 5 heteroatoms. The fourth-order valence-electron chi connectivity index (χ4n) is 2.40. The van der Waals surface area contributed by atoms with Gasteiger partial charge in [-0.2, -0.15) is 0 Å². The minimum atomic E-state index is -0.0262. The maximum Gasteiger partial charge on any atom is 0.221 e. The highest BCUT2D eigenvalue weighted by molar-refractivity contribution is 7.13. The van der Waals surface area contributed by atoms with Crippen molar-refractivity contribution in [2.24, 2.45) is 0 Å². The van der Waals surface area contributed by atoms with Gasteiger partial charge in [-0.05, 0) is 12.5 Å². The Morgan fingerprint density at radius 1 is 1.08 bits per heavy atom. The quantitative estimate of drug-likeness (QED) is 0.618. The van der Waals surface area contributed by atoms with Gasteiger partial charge in [-0.15, -0.1) is 22.9 Å². The number of halogens is 1. The first-order valence-corrected chi connectivity index (χ1v) is 9.51. The third-order valence-corrected chi connectivity index (χ3v) is 4.94. The summed E-state index contributed by atoms with van der Waals surface area (Å²) in [6.07, 6.45) is 0.348. The Labute approximate surface area is 156 Å². The molecule has 1 N–H and O–H groups in total. The number of carbonyl (C=O) groups excluding carboxylic acids is 1. The van der Waals surface area contributed by atoms with Gasteiger partial charge in [0.05, 0.1) is 5.69 Å². The molecule has 3 rings (SSSR count). The Kier molecular flexibility index (Phi) is 5.84. The lowest BCUT2D eigenvalue weighted by Crippen LogP contribution is -2.22. The zero-order valence-electron chi connectivity index (χ0n) is 14.0. The van der Waals surface area contributed by atoms with Gasteiger partial charge in [0.25, 0.3) is 0 Å². The number of nitrogens with zero attached hydrogens (tertiary/aromatic N) is 1. The first-order valence-electron chi connectivity index (χ1n) is 8.10.